The topological polar surface area (TPSA) is 163 Å². The number of phenolic OH excluding ortho intramolecular Hbond substituents is 1. The fraction of sp³-hybridized carbons (Fsp3) is 0.237. The monoisotopic (exact) mass is 661 g/mol. The van der Waals surface area contributed by atoms with Crippen LogP contribution in [-0.4, -0.2) is 56.4 Å². The molecule has 0 bridgehead atoms. The smallest absolute Gasteiger partial charge is 0.271 e. The largest absolute Gasteiger partial charge is 0.507 e. The SMILES string of the molecule is O=C1[C@@H]2[C@@H](CC(COc3ccccc3)=C([C@H](O)CC/C(=C/c3ccccc3O)c3ccccn3)[C@@H]2CO)C(=O)N1c1cccc([N+](=O)[O-])c1. The molecule has 1 saturated heterocycles. The minimum Gasteiger partial charge on any atom is -0.507 e. The highest BCUT2D eigenvalue weighted by atomic mass is 16.6. The van der Waals surface area contributed by atoms with E-state index in [2.05, 4.69) is 4.98 Å². The van der Waals surface area contributed by atoms with Gasteiger partial charge in [0.2, 0.25) is 11.8 Å². The van der Waals surface area contributed by atoms with Crippen LogP contribution in [0.4, 0.5) is 11.4 Å². The maximum atomic E-state index is 14.0. The lowest BCUT2D eigenvalue weighted by Gasteiger charge is -2.36. The molecule has 2 aliphatic rings. The first-order chi connectivity index (χ1) is 23.8. The number of pyridine rings is 1. The van der Waals surface area contributed by atoms with Gasteiger partial charge in [-0.3, -0.25) is 24.7 Å². The first kappa shape index (κ1) is 33.3. The van der Waals surface area contributed by atoms with Crippen LogP contribution in [0.3, 0.4) is 0 Å². The molecule has 4 aromatic rings. The minimum absolute atomic E-state index is 0.00916. The van der Waals surface area contributed by atoms with E-state index < -0.39 is 47.2 Å². The van der Waals surface area contributed by atoms with E-state index in [1.807, 2.05) is 36.4 Å². The fourth-order valence-corrected chi connectivity index (χ4v) is 6.85. The Morgan fingerprint density at radius 3 is 2.47 bits per heavy atom. The second-order valence-corrected chi connectivity index (χ2v) is 12.1. The standard InChI is InChI=1S/C38H35N3O8/c42-22-31-35(34(44)17-16-24(32-14-6-7-18-39-32)19-25-9-4-5-15-33(25)43)26(23-49-29-12-2-1-3-13-29)20-30-36(31)38(46)40(37(30)45)27-10-8-11-28(21-27)41(47)48/h1-15,18-19,21,30-31,34,36,42-44H,16-17,20,22-23H2/b24-19-/t30-,31+,34-,36-/m1/s1. The first-order valence-electron chi connectivity index (χ1n) is 16.0. The van der Waals surface area contributed by atoms with Gasteiger partial charge >= 0.3 is 0 Å². The number of carbonyl (C=O) groups excluding carboxylic acids is 2. The zero-order valence-corrected chi connectivity index (χ0v) is 26.5. The zero-order chi connectivity index (χ0) is 34.5. The van der Waals surface area contributed by atoms with Gasteiger partial charge in [-0.1, -0.05) is 48.5 Å². The molecule has 1 aliphatic heterocycles. The van der Waals surface area contributed by atoms with E-state index in [4.69, 9.17) is 4.74 Å². The van der Waals surface area contributed by atoms with Gasteiger partial charge < -0.3 is 20.1 Å². The van der Waals surface area contributed by atoms with E-state index in [1.165, 1.54) is 24.3 Å². The highest BCUT2D eigenvalue weighted by molar-refractivity contribution is 6.22. The van der Waals surface area contributed by atoms with E-state index in [0.29, 0.717) is 34.6 Å². The predicted molar refractivity (Wildman–Crippen MR) is 182 cm³/mol. The van der Waals surface area contributed by atoms with Crippen LogP contribution in [0, 0.1) is 27.9 Å². The van der Waals surface area contributed by atoms with Gasteiger partial charge in [0, 0.05) is 29.8 Å². The molecule has 3 aromatic carbocycles. The quantitative estimate of drug-likeness (QED) is 0.0762. The van der Waals surface area contributed by atoms with E-state index in [-0.39, 0.29) is 36.6 Å². The molecule has 1 aliphatic carbocycles. The third-order valence-corrected chi connectivity index (χ3v) is 9.14. The number of nitrogens with zero attached hydrogens (tertiary/aromatic N) is 3. The number of allylic oxidation sites excluding steroid dienone is 1. The van der Waals surface area contributed by atoms with Gasteiger partial charge in [-0.2, -0.15) is 0 Å². The third kappa shape index (κ3) is 6.99. The summed E-state index contributed by atoms with van der Waals surface area (Å²) in [4.78, 5) is 44.2. The number of nitro benzene ring substituents is 1. The predicted octanol–water partition coefficient (Wildman–Crippen LogP) is 5.57. The molecule has 2 heterocycles. The Balaban J connectivity index is 1.34. The van der Waals surface area contributed by atoms with Gasteiger partial charge in [0.25, 0.3) is 5.69 Å². The van der Waals surface area contributed by atoms with E-state index in [0.717, 1.165) is 10.5 Å². The Morgan fingerprint density at radius 2 is 1.76 bits per heavy atom. The summed E-state index contributed by atoms with van der Waals surface area (Å²) >= 11 is 0. The molecule has 2 amide bonds. The van der Waals surface area contributed by atoms with Crippen LogP contribution < -0.4 is 9.64 Å². The van der Waals surface area contributed by atoms with Crippen LogP contribution in [-0.2, 0) is 9.59 Å². The van der Waals surface area contributed by atoms with Crippen molar-refractivity contribution in [2.45, 2.75) is 25.4 Å². The molecule has 0 unspecified atom stereocenters. The number of imide groups is 1. The van der Waals surface area contributed by atoms with Gasteiger partial charge in [0.15, 0.2) is 0 Å². The number of aliphatic hydroxyl groups is 2. The number of amides is 2. The van der Waals surface area contributed by atoms with Crippen LogP contribution >= 0.6 is 0 Å². The first-order valence-corrected chi connectivity index (χ1v) is 16.0. The van der Waals surface area contributed by atoms with Crippen molar-refractivity contribution in [3.05, 3.63) is 136 Å². The van der Waals surface area contributed by atoms with Gasteiger partial charge in [-0.15, -0.1) is 0 Å². The molecule has 6 rings (SSSR count). The van der Waals surface area contributed by atoms with Crippen LogP contribution in [0.5, 0.6) is 11.5 Å². The number of phenols is 1. The molecule has 0 spiro atoms. The van der Waals surface area contributed by atoms with Crippen molar-refractivity contribution in [1.82, 2.24) is 4.98 Å². The normalized spacial score (nSPS) is 19.9. The molecule has 1 aromatic heterocycles. The number of carbonyl (C=O) groups is 2. The Morgan fingerprint density at radius 1 is 1.00 bits per heavy atom. The molecule has 0 saturated carbocycles. The Labute approximate surface area is 282 Å². The fourth-order valence-electron chi connectivity index (χ4n) is 6.85. The number of hydrogen-bond donors (Lipinski definition) is 3. The molecule has 250 valence electrons. The average Bonchev–Trinajstić information content (AvgIpc) is 3.38. The lowest BCUT2D eigenvalue weighted by atomic mass is 9.68. The number of aromatic hydroxyl groups is 1. The highest BCUT2D eigenvalue weighted by Crippen LogP contribution is 2.48. The van der Waals surface area contributed by atoms with Crippen LogP contribution in [0.25, 0.3) is 11.6 Å². The van der Waals surface area contributed by atoms with Crippen molar-refractivity contribution < 1.29 is 34.6 Å². The number of anilines is 1. The lowest BCUT2D eigenvalue weighted by Crippen LogP contribution is -2.40. The number of benzene rings is 3. The summed E-state index contributed by atoms with van der Waals surface area (Å²) in [6.07, 6.45) is 2.92. The Kier molecular flexibility index (Phi) is 9.93. The summed E-state index contributed by atoms with van der Waals surface area (Å²) < 4.78 is 6.09. The van der Waals surface area contributed by atoms with Gasteiger partial charge in [-0.25, -0.2) is 4.90 Å². The van der Waals surface area contributed by atoms with Crippen molar-refractivity contribution in [3.8, 4) is 11.5 Å². The molecule has 11 heteroatoms. The maximum Gasteiger partial charge on any atom is 0.271 e. The zero-order valence-electron chi connectivity index (χ0n) is 26.5. The van der Waals surface area contributed by atoms with Crippen molar-refractivity contribution in [3.63, 3.8) is 0 Å². The number of nitro groups is 1. The summed E-state index contributed by atoms with van der Waals surface area (Å²) in [5.74, 6) is -3.21. The molecule has 0 radical (unpaired) electrons. The van der Waals surface area contributed by atoms with E-state index >= 15 is 0 Å². The van der Waals surface area contributed by atoms with Crippen molar-refractivity contribution in [1.29, 1.82) is 0 Å². The number of aromatic nitrogens is 1. The molecule has 4 atom stereocenters. The van der Waals surface area contributed by atoms with E-state index in [9.17, 15) is 35.0 Å². The maximum absolute atomic E-state index is 14.0. The molecule has 49 heavy (non-hydrogen) atoms. The van der Waals surface area contributed by atoms with Crippen LogP contribution in [0.1, 0.15) is 30.5 Å². The number of hydrogen-bond acceptors (Lipinski definition) is 9. The summed E-state index contributed by atoms with van der Waals surface area (Å²) in [6, 6.07) is 26.7. The number of ether oxygens (including phenoxy) is 1. The number of fused-ring (bicyclic) bond motifs is 1. The molecule has 11 nitrogen and oxygen atoms in total. The van der Waals surface area contributed by atoms with Crippen molar-refractivity contribution >= 4 is 34.8 Å². The van der Waals surface area contributed by atoms with Gasteiger partial charge in [0.05, 0.1) is 40.9 Å². The summed E-state index contributed by atoms with van der Waals surface area (Å²) in [5, 5.41) is 44.6. The minimum atomic E-state index is -1.14. The number of aliphatic hydroxyl groups excluding tert-OH is 2. The second-order valence-electron chi connectivity index (χ2n) is 12.1. The van der Waals surface area contributed by atoms with Crippen molar-refractivity contribution in [2.24, 2.45) is 17.8 Å². The van der Waals surface area contributed by atoms with Crippen LogP contribution in [0.2, 0.25) is 0 Å². The van der Waals surface area contributed by atoms with Gasteiger partial charge in [-0.05, 0) is 78.5 Å². The summed E-state index contributed by atoms with van der Waals surface area (Å²) in [7, 11) is 0. The number of para-hydroxylation sites is 2. The number of non-ortho nitro benzene ring substituents is 1. The summed E-state index contributed by atoms with van der Waals surface area (Å²) in [6.45, 7) is -0.514. The summed E-state index contributed by atoms with van der Waals surface area (Å²) in [5.41, 5.74) is 2.84. The van der Waals surface area contributed by atoms with Crippen LogP contribution in [0.15, 0.2) is 114 Å². The molecular weight excluding hydrogens is 626 g/mol. The molecule has 3 N–H and O–H groups in total. The number of rotatable bonds is 12. The van der Waals surface area contributed by atoms with E-state index in [1.54, 1.807) is 48.7 Å². The lowest BCUT2D eigenvalue weighted by molar-refractivity contribution is -0.384. The second kappa shape index (κ2) is 14.6. The Bertz CT molecular complexity index is 1910. The van der Waals surface area contributed by atoms with Gasteiger partial charge in [0.1, 0.15) is 18.1 Å². The molecular formula is C38H35N3O8. The Hall–Kier alpha value is -5.65. The molecule has 1 fully saturated rings. The third-order valence-electron chi connectivity index (χ3n) is 9.14. The average molecular weight is 662 g/mol. The van der Waals surface area contributed by atoms with Crippen molar-refractivity contribution in [2.75, 3.05) is 18.1 Å². The highest BCUT2D eigenvalue weighted by Gasteiger charge is 2.55.